The molecule has 0 aliphatic heterocycles. The van der Waals surface area contributed by atoms with Crippen LogP contribution < -0.4 is 16.4 Å². The monoisotopic (exact) mass is 287 g/mol. The van der Waals surface area contributed by atoms with E-state index < -0.39 is 18.6 Å². The Bertz CT molecular complexity index is 466. The van der Waals surface area contributed by atoms with Crippen LogP contribution in [0.1, 0.15) is 15.9 Å². The zero-order valence-electron chi connectivity index (χ0n) is 10.8. The Balaban J connectivity index is 0.00000324. The molecular formula is C12H18ClN3O3. The van der Waals surface area contributed by atoms with Crippen LogP contribution in [0, 0.1) is 6.92 Å². The normalized spacial score (nSPS) is 11.2. The first-order valence-corrected chi connectivity index (χ1v) is 5.49. The van der Waals surface area contributed by atoms with E-state index in [4.69, 9.17) is 10.8 Å². The Morgan fingerprint density at radius 1 is 1.42 bits per heavy atom. The fourth-order valence-electron chi connectivity index (χ4n) is 1.40. The first kappa shape index (κ1) is 17.4. The zero-order chi connectivity index (χ0) is 13.7. The molecule has 0 unspecified atom stereocenters. The SMILES string of the molecule is CNC(=O)c1ccc(NC(=O)[C@@H](N)CO)c(C)c1.Cl. The summed E-state index contributed by atoms with van der Waals surface area (Å²) in [6.45, 7) is 1.35. The number of nitrogens with one attached hydrogen (secondary N) is 2. The van der Waals surface area contributed by atoms with E-state index in [0.717, 1.165) is 5.56 Å². The van der Waals surface area contributed by atoms with Crippen LogP contribution >= 0.6 is 12.4 Å². The Hall–Kier alpha value is -1.63. The van der Waals surface area contributed by atoms with Crippen molar-refractivity contribution >= 4 is 29.9 Å². The summed E-state index contributed by atoms with van der Waals surface area (Å²) in [6.07, 6.45) is 0. The average molecular weight is 288 g/mol. The lowest BCUT2D eigenvalue weighted by Gasteiger charge is -2.12. The van der Waals surface area contributed by atoms with Crippen LogP contribution in [-0.2, 0) is 4.79 Å². The number of aryl methyl sites for hydroxylation is 1. The van der Waals surface area contributed by atoms with Gasteiger partial charge in [-0.25, -0.2) is 0 Å². The Labute approximate surface area is 117 Å². The van der Waals surface area contributed by atoms with Gasteiger partial charge >= 0.3 is 0 Å². The number of anilines is 1. The highest BCUT2D eigenvalue weighted by Crippen LogP contribution is 2.16. The minimum Gasteiger partial charge on any atom is -0.394 e. The second-order valence-corrected chi connectivity index (χ2v) is 3.89. The van der Waals surface area contributed by atoms with Gasteiger partial charge in [-0.15, -0.1) is 12.4 Å². The lowest BCUT2D eigenvalue weighted by molar-refractivity contribution is -0.118. The Kier molecular flexibility index (Phi) is 7.06. The number of rotatable bonds is 4. The van der Waals surface area contributed by atoms with E-state index in [1.807, 2.05) is 0 Å². The minimum atomic E-state index is -0.956. The van der Waals surface area contributed by atoms with Crippen molar-refractivity contribution in [3.05, 3.63) is 29.3 Å². The van der Waals surface area contributed by atoms with Gasteiger partial charge in [0.25, 0.3) is 5.91 Å². The summed E-state index contributed by atoms with van der Waals surface area (Å²) in [5.41, 5.74) is 7.21. The van der Waals surface area contributed by atoms with Crippen LogP contribution in [0.4, 0.5) is 5.69 Å². The summed E-state index contributed by atoms with van der Waals surface area (Å²) in [5, 5.41) is 13.9. The number of halogens is 1. The average Bonchev–Trinajstić information content (AvgIpc) is 2.38. The largest absolute Gasteiger partial charge is 0.394 e. The van der Waals surface area contributed by atoms with Gasteiger partial charge in [0.05, 0.1) is 6.61 Å². The van der Waals surface area contributed by atoms with Gasteiger partial charge in [-0.05, 0) is 30.7 Å². The lowest BCUT2D eigenvalue weighted by Crippen LogP contribution is -2.38. The summed E-state index contributed by atoms with van der Waals surface area (Å²) in [6, 6.07) is 3.94. The quantitative estimate of drug-likeness (QED) is 0.627. The third-order valence-corrected chi connectivity index (χ3v) is 2.51. The van der Waals surface area contributed by atoms with Crippen LogP contribution in [0.25, 0.3) is 0 Å². The standard InChI is InChI=1S/C12H17N3O3.ClH/c1-7-5-8(11(17)14-2)3-4-10(7)15-12(18)9(13)6-16;/h3-5,9,16H,6,13H2,1-2H3,(H,14,17)(H,15,18);1H/t9-;/m0./s1. The number of hydrogen-bond acceptors (Lipinski definition) is 4. The Morgan fingerprint density at radius 2 is 2.05 bits per heavy atom. The van der Waals surface area contributed by atoms with Crippen molar-refractivity contribution in [1.29, 1.82) is 0 Å². The summed E-state index contributed by atoms with van der Waals surface area (Å²) < 4.78 is 0. The highest BCUT2D eigenvalue weighted by Gasteiger charge is 2.13. The van der Waals surface area contributed by atoms with Crippen LogP contribution in [0.5, 0.6) is 0 Å². The van der Waals surface area contributed by atoms with Gasteiger partial charge in [-0.3, -0.25) is 9.59 Å². The molecule has 0 bridgehead atoms. The molecule has 0 saturated carbocycles. The van der Waals surface area contributed by atoms with Crippen molar-refractivity contribution in [2.24, 2.45) is 5.73 Å². The van der Waals surface area contributed by atoms with Crippen LogP contribution in [0.15, 0.2) is 18.2 Å². The summed E-state index contributed by atoms with van der Waals surface area (Å²) in [5.74, 6) is -0.656. The smallest absolute Gasteiger partial charge is 0.251 e. The third kappa shape index (κ3) is 4.51. The Morgan fingerprint density at radius 3 is 2.53 bits per heavy atom. The molecule has 0 aliphatic rings. The maximum atomic E-state index is 11.5. The van der Waals surface area contributed by atoms with E-state index in [0.29, 0.717) is 11.3 Å². The molecule has 0 aromatic heterocycles. The molecule has 1 aromatic carbocycles. The topological polar surface area (TPSA) is 104 Å². The van der Waals surface area contributed by atoms with Crippen molar-refractivity contribution < 1.29 is 14.7 Å². The fourth-order valence-corrected chi connectivity index (χ4v) is 1.40. The van der Waals surface area contributed by atoms with Crippen molar-refractivity contribution in [2.45, 2.75) is 13.0 Å². The lowest BCUT2D eigenvalue weighted by atomic mass is 10.1. The van der Waals surface area contributed by atoms with Crippen molar-refractivity contribution in [3.8, 4) is 0 Å². The van der Waals surface area contributed by atoms with Crippen molar-refractivity contribution in [2.75, 3.05) is 19.0 Å². The molecule has 0 saturated heterocycles. The van der Waals surface area contributed by atoms with Crippen LogP contribution in [-0.4, -0.2) is 36.6 Å². The highest BCUT2D eigenvalue weighted by molar-refractivity contribution is 5.97. The molecule has 6 nitrogen and oxygen atoms in total. The molecule has 1 aromatic rings. The molecule has 0 fully saturated rings. The predicted octanol–water partition coefficient (Wildman–Crippen LogP) is 0.0345. The molecule has 7 heteroatoms. The molecule has 2 amide bonds. The molecule has 5 N–H and O–H groups in total. The zero-order valence-corrected chi connectivity index (χ0v) is 11.6. The molecule has 106 valence electrons. The molecule has 0 aliphatic carbocycles. The number of hydrogen-bond donors (Lipinski definition) is 4. The summed E-state index contributed by atoms with van der Waals surface area (Å²) in [4.78, 5) is 22.9. The van der Waals surface area contributed by atoms with E-state index in [1.54, 1.807) is 32.2 Å². The first-order valence-electron chi connectivity index (χ1n) is 5.49. The fraction of sp³-hybridized carbons (Fsp3) is 0.333. The number of aliphatic hydroxyl groups is 1. The predicted molar refractivity (Wildman–Crippen MR) is 75.5 cm³/mol. The maximum absolute atomic E-state index is 11.5. The molecule has 19 heavy (non-hydrogen) atoms. The molecule has 1 atom stereocenters. The maximum Gasteiger partial charge on any atom is 0.251 e. The van der Waals surface area contributed by atoms with Crippen LogP contribution in [0.3, 0.4) is 0 Å². The highest BCUT2D eigenvalue weighted by atomic mass is 35.5. The second kappa shape index (κ2) is 7.73. The number of carbonyl (C=O) groups is 2. The number of amides is 2. The minimum absolute atomic E-state index is 0. The van der Waals surface area contributed by atoms with E-state index in [2.05, 4.69) is 10.6 Å². The van der Waals surface area contributed by atoms with Gasteiger partial charge in [0.1, 0.15) is 6.04 Å². The van der Waals surface area contributed by atoms with Gasteiger partial charge in [0.15, 0.2) is 0 Å². The van der Waals surface area contributed by atoms with Gasteiger partial charge in [-0.1, -0.05) is 0 Å². The van der Waals surface area contributed by atoms with E-state index in [-0.39, 0.29) is 18.3 Å². The van der Waals surface area contributed by atoms with Crippen molar-refractivity contribution in [3.63, 3.8) is 0 Å². The first-order chi connectivity index (χ1) is 8.49. The van der Waals surface area contributed by atoms with E-state index in [1.165, 1.54) is 0 Å². The van der Waals surface area contributed by atoms with E-state index >= 15 is 0 Å². The molecule has 0 spiro atoms. The molecule has 0 heterocycles. The van der Waals surface area contributed by atoms with Gasteiger partial charge in [0.2, 0.25) is 5.91 Å². The number of benzene rings is 1. The number of aliphatic hydroxyl groups excluding tert-OH is 1. The molecular weight excluding hydrogens is 270 g/mol. The summed E-state index contributed by atoms with van der Waals surface area (Å²) >= 11 is 0. The van der Waals surface area contributed by atoms with Crippen molar-refractivity contribution in [1.82, 2.24) is 5.32 Å². The van der Waals surface area contributed by atoms with Crippen LogP contribution in [0.2, 0.25) is 0 Å². The number of nitrogens with two attached hydrogens (primary N) is 1. The van der Waals surface area contributed by atoms with E-state index in [9.17, 15) is 9.59 Å². The second-order valence-electron chi connectivity index (χ2n) is 3.89. The van der Waals surface area contributed by atoms with Gasteiger partial charge in [-0.2, -0.15) is 0 Å². The molecule has 1 rings (SSSR count). The third-order valence-electron chi connectivity index (χ3n) is 2.51. The van der Waals surface area contributed by atoms with Gasteiger partial charge in [0, 0.05) is 18.3 Å². The molecule has 0 radical (unpaired) electrons. The number of carbonyl (C=O) groups excluding carboxylic acids is 2. The van der Waals surface area contributed by atoms with Gasteiger partial charge < -0.3 is 21.5 Å². The summed E-state index contributed by atoms with van der Waals surface area (Å²) in [7, 11) is 1.55.